The smallest absolute Gasteiger partial charge is 0 e. The molecule has 4 heavy (non-hydrogen) atoms. The molecule has 0 amide bonds. The number of rotatable bonds is 0. The second kappa shape index (κ2) is 31.0. The number of hydrogen-bond donors (Lipinski definition) is 0. The Kier molecular flexibility index (Phi) is 148. The van der Waals surface area contributed by atoms with Crippen LogP contribution in [0.15, 0.2) is 0 Å². The van der Waals surface area contributed by atoms with Crippen LogP contribution in [0.25, 0.3) is 0 Å². The van der Waals surface area contributed by atoms with Gasteiger partial charge in [0.1, 0.15) is 0 Å². The molecular formula is B2CoFe. The van der Waals surface area contributed by atoms with Crippen LogP contribution in [0.1, 0.15) is 0 Å². The summed E-state index contributed by atoms with van der Waals surface area (Å²) >= 11 is 0. The average molecular weight is 136 g/mol. The summed E-state index contributed by atoms with van der Waals surface area (Å²) < 4.78 is 0. The van der Waals surface area contributed by atoms with E-state index in [1.165, 1.54) is 0 Å². The van der Waals surface area contributed by atoms with Gasteiger partial charge in [-0.25, -0.2) is 0 Å². The molecule has 0 atom stereocenters. The molecule has 0 aromatic carbocycles. The molecule has 0 unspecified atom stereocenters. The fraction of sp³-hybridized carbons (Fsp3) is 0. The molecule has 0 aromatic heterocycles. The van der Waals surface area contributed by atoms with Crippen LogP contribution in [0, 0.1) is 0 Å². The molecular weight excluding hydrogens is 136 g/mol. The van der Waals surface area contributed by atoms with Gasteiger partial charge in [0, 0.05) is 49.3 Å². The molecule has 0 aliphatic carbocycles. The molecule has 4 heteroatoms. The molecule has 0 N–H and O–H groups in total. The van der Waals surface area contributed by atoms with Crippen molar-refractivity contribution in [2.75, 3.05) is 0 Å². The van der Waals surface area contributed by atoms with Crippen molar-refractivity contribution in [2.24, 2.45) is 0 Å². The minimum Gasteiger partial charge on any atom is 0 e. The standard InChI is InChI=1S/B2.Co.Fe/c1-2;;. The van der Waals surface area contributed by atoms with Gasteiger partial charge in [-0.2, -0.15) is 0 Å². The first-order valence-corrected chi connectivity index (χ1v) is 0.333. The van der Waals surface area contributed by atoms with Crippen molar-refractivity contribution >= 4 is 15.5 Å². The molecule has 0 nitrogen and oxygen atoms in total. The van der Waals surface area contributed by atoms with E-state index in [4.69, 9.17) is 0 Å². The van der Waals surface area contributed by atoms with E-state index in [2.05, 4.69) is 15.5 Å². The van der Waals surface area contributed by atoms with Crippen LogP contribution >= 0.6 is 0 Å². The molecule has 0 rings (SSSR count). The third kappa shape index (κ3) is 11.0. The van der Waals surface area contributed by atoms with Crippen molar-refractivity contribution in [1.82, 2.24) is 0 Å². The molecule has 0 saturated heterocycles. The van der Waals surface area contributed by atoms with Gasteiger partial charge in [-0.1, -0.05) is 0 Å². The Labute approximate surface area is 49.6 Å². The fourth-order valence-electron chi connectivity index (χ4n) is 0. The summed E-state index contributed by atoms with van der Waals surface area (Å²) in [5.74, 6) is 0. The van der Waals surface area contributed by atoms with Gasteiger partial charge in [-0.3, -0.25) is 0 Å². The second-order valence-corrected chi connectivity index (χ2v) is 0. The van der Waals surface area contributed by atoms with E-state index in [-0.39, 0.29) is 33.8 Å². The van der Waals surface area contributed by atoms with Crippen molar-refractivity contribution < 1.29 is 33.8 Å². The molecule has 0 aliphatic rings. The predicted octanol–water partition coefficient (Wildman–Crippen LogP) is -0.767. The molecule has 0 bridgehead atoms. The van der Waals surface area contributed by atoms with E-state index in [0.717, 1.165) is 0 Å². The molecule has 0 fully saturated rings. The van der Waals surface area contributed by atoms with E-state index in [9.17, 15) is 0 Å². The van der Waals surface area contributed by atoms with Crippen LogP contribution in [0.4, 0.5) is 0 Å². The average Bonchev–Trinajstić information content (AvgIpc) is 1.00. The molecule has 23 valence electrons. The van der Waals surface area contributed by atoms with Crippen LogP contribution in [0.3, 0.4) is 0 Å². The quantitative estimate of drug-likeness (QED) is 0.384. The van der Waals surface area contributed by atoms with E-state index in [1.54, 1.807) is 0 Å². The van der Waals surface area contributed by atoms with Crippen LogP contribution in [0.2, 0.25) is 0 Å². The zero-order chi connectivity index (χ0) is 2.00. The topological polar surface area (TPSA) is 0 Å². The first kappa shape index (κ1) is 19.2. The SMILES string of the molecule is [B][B].[Co].[Fe]. The zero-order valence-corrected chi connectivity index (χ0v) is 3.99. The maximum Gasteiger partial charge on any atom is 0 e. The monoisotopic (exact) mass is 137 g/mol. The van der Waals surface area contributed by atoms with E-state index in [0.29, 0.717) is 0 Å². The Bertz CT molecular complexity index is 6.00. The Morgan fingerprint density at radius 3 is 1.00 bits per heavy atom. The summed E-state index contributed by atoms with van der Waals surface area (Å²) in [6.07, 6.45) is 0. The summed E-state index contributed by atoms with van der Waals surface area (Å²) in [6.45, 7) is 0. The van der Waals surface area contributed by atoms with Gasteiger partial charge in [0.25, 0.3) is 0 Å². The third-order valence-electron chi connectivity index (χ3n) is 0. The van der Waals surface area contributed by atoms with Gasteiger partial charge in [0.05, 0.1) is 0 Å². The Morgan fingerprint density at radius 1 is 1.00 bits per heavy atom. The summed E-state index contributed by atoms with van der Waals surface area (Å²) in [5, 5.41) is 0. The summed E-state index contributed by atoms with van der Waals surface area (Å²) in [6, 6.07) is 0. The van der Waals surface area contributed by atoms with Crippen molar-refractivity contribution in [2.45, 2.75) is 0 Å². The maximum atomic E-state index is 4.00. The van der Waals surface area contributed by atoms with Gasteiger partial charge in [0.2, 0.25) is 0 Å². The van der Waals surface area contributed by atoms with Gasteiger partial charge >= 0.3 is 0 Å². The van der Waals surface area contributed by atoms with Crippen LogP contribution < -0.4 is 0 Å². The normalized spacial score (nSPS) is 1.00. The zero-order valence-electron chi connectivity index (χ0n) is 1.84. The largest absolute Gasteiger partial charge is 0 e. The molecule has 0 spiro atoms. The first-order valence-electron chi connectivity index (χ1n) is 0.333. The second-order valence-electron chi connectivity index (χ2n) is 0. The van der Waals surface area contributed by atoms with Crippen molar-refractivity contribution in [3.63, 3.8) is 0 Å². The van der Waals surface area contributed by atoms with E-state index < -0.39 is 0 Å². The van der Waals surface area contributed by atoms with Gasteiger partial charge in [-0.15, -0.1) is 0 Å². The van der Waals surface area contributed by atoms with Crippen LogP contribution in [-0.2, 0) is 33.8 Å². The molecule has 0 saturated carbocycles. The Balaban J connectivity index is -0.00000000500. The number of hydrogen-bond acceptors (Lipinski definition) is 0. The van der Waals surface area contributed by atoms with E-state index in [1.807, 2.05) is 0 Å². The minimum atomic E-state index is 0. The van der Waals surface area contributed by atoms with Crippen LogP contribution in [-0.4, -0.2) is 15.5 Å². The molecule has 0 aliphatic heterocycles. The van der Waals surface area contributed by atoms with Crippen LogP contribution in [0.5, 0.6) is 0 Å². The van der Waals surface area contributed by atoms with Gasteiger partial charge in [0.15, 0.2) is 0 Å². The maximum absolute atomic E-state index is 4.00. The van der Waals surface area contributed by atoms with Crippen molar-refractivity contribution in [3.05, 3.63) is 0 Å². The van der Waals surface area contributed by atoms with E-state index >= 15 is 0 Å². The fourth-order valence-corrected chi connectivity index (χ4v) is 0. The molecule has 0 heterocycles. The Morgan fingerprint density at radius 2 is 1.00 bits per heavy atom. The summed E-state index contributed by atoms with van der Waals surface area (Å²) in [5.41, 5.74) is 0. The molecule has 0 aromatic rings. The molecule has 5 radical (unpaired) electrons. The summed E-state index contributed by atoms with van der Waals surface area (Å²) in [4.78, 5) is 0. The third-order valence-corrected chi connectivity index (χ3v) is 0. The van der Waals surface area contributed by atoms with Gasteiger partial charge in [-0.05, 0) is 0 Å². The summed E-state index contributed by atoms with van der Waals surface area (Å²) in [7, 11) is 8.00. The minimum absolute atomic E-state index is 0. The first-order chi connectivity index (χ1) is 1.00. The van der Waals surface area contributed by atoms with Crippen molar-refractivity contribution in [1.29, 1.82) is 0 Å². The van der Waals surface area contributed by atoms with Crippen molar-refractivity contribution in [3.8, 4) is 0 Å². The Hall–Kier alpha value is 1.16. The van der Waals surface area contributed by atoms with Gasteiger partial charge < -0.3 is 0 Å². The predicted molar refractivity (Wildman–Crippen MR) is 11.5 cm³/mol.